The quantitative estimate of drug-likeness (QED) is 0.709. The van der Waals surface area contributed by atoms with Crippen molar-refractivity contribution in [1.82, 2.24) is 9.97 Å². The van der Waals surface area contributed by atoms with Crippen molar-refractivity contribution in [3.63, 3.8) is 0 Å². The van der Waals surface area contributed by atoms with Crippen molar-refractivity contribution in [3.8, 4) is 11.5 Å². The highest BCUT2D eigenvalue weighted by Gasteiger charge is 2.20. The first-order valence-corrected chi connectivity index (χ1v) is 9.94. The second kappa shape index (κ2) is 7.19. The molecular formula is C21H22N2O3S. The van der Waals surface area contributed by atoms with E-state index in [9.17, 15) is 4.79 Å². The number of rotatable bonds is 5. The lowest BCUT2D eigenvalue weighted by atomic mass is 10.1. The number of aromatic amines is 1. The van der Waals surface area contributed by atoms with Crippen LogP contribution in [0.2, 0.25) is 0 Å². The third-order valence-corrected chi connectivity index (χ3v) is 5.78. The van der Waals surface area contributed by atoms with E-state index < -0.39 is 0 Å². The number of ether oxygens (including phenoxy) is 2. The molecule has 1 aliphatic carbocycles. The number of H-pyrrole nitrogens is 1. The molecule has 0 atom stereocenters. The number of thiophene rings is 1. The van der Waals surface area contributed by atoms with Crippen LogP contribution in [-0.4, -0.2) is 23.2 Å². The number of hydrogen-bond acceptors (Lipinski definition) is 5. The van der Waals surface area contributed by atoms with E-state index >= 15 is 0 Å². The smallest absolute Gasteiger partial charge is 0.260 e. The van der Waals surface area contributed by atoms with Gasteiger partial charge < -0.3 is 14.5 Å². The van der Waals surface area contributed by atoms with E-state index in [2.05, 4.69) is 9.97 Å². The molecule has 0 unspecified atom stereocenters. The van der Waals surface area contributed by atoms with Crippen LogP contribution in [0.15, 0.2) is 23.0 Å². The van der Waals surface area contributed by atoms with Gasteiger partial charge >= 0.3 is 0 Å². The van der Waals surface area contributed by atoms with Crippen molar-refractivity contribution >= 4 is 33.7 Å². The Balaban J connectivity index is 1.72. The molecule has 4 rings (SSSR count). The third kappa shape index (κ3) is 3.37. The average Bonchev–Trinajstić information content (AvgIpc) is 3.20. The van der Waals surface area contributed by atoms with Crippen molar-refractivity contribution in [1.29, 1.82) is 0 Å². The van der Waals surface area contributed by atoms with E-state index in [0.717, 1.165) is 35.0 Å². The third-order valence-electron chi connectivity index (χ3n) is 4.60. The summed E-state index contributed by atoms with van der Waals surface area (Å²) in [6, 6.07) is 5.73. The van der Waals surface area contributed by atoms with Crippen molar-refractivity contribution in [2.75, 3.05) is 7.11 Å². The summed E-state index contributed by atoms with van der Waals surface area (Å²) >= 11 is 1.64. The van der Waals surface area contributed by atoms with E-state index in [-0.39, 0.29) is 11.7 Å². The molecule has 0 bridgehead atoms. The number of methoxy groups -OCH3 is 1. The molecule has 1 N–H and O–H groups in total. The van der Waals surface area contributed by atoms with Crippen LogP contribution in [-0.2, 0) is 12.8 Å². The number of hydrogen-bond donors (Lipinski definition) is 1. The number of nitrogens with one attached hydrogen (secondary N) is 1. The Morgan fingerprint density at radius 1 is 1.26 bits per heavy atom. The van der Waals surface area contributed by atoms with Gasteiger partial charge in [0, 0.05) is 10.4 Å². The average molecular weight is 382 g/mol. The molecule has 5 nitrogen and oxygen atoms in total. The molecule has 0 fully saturated rings. The minimum absolute atomic E-state index is 0.0243. The van der Waals surface area contributed by atoms with E-state index in [1.165, 1.54) is 10.4 Å². The molecular weight excluding hydrogens is 360 g/mol. The van der Waals surface area contributed by atoms with Gasteiger partial charge in [0.25, 0.3) is 5.56 Å². The number of aryl methyl sites for hydroxylation is 2. The highest BCUT2D eigenvalue weighted by Crippen LogP contribution is 2.35. The lowest BCUT2D eigenvalue weighted by molar-refractivity contribution is 0.229. The molecule has 6 heteroatoms. The Kier molecular flexibility index (Phi) is 4.74. The minimum atomic E-state index is -0.0525. The van der Waals surface area contributed by atoms with Crippen LogP contribution < -0.4 is 15.0 Å². The predicted molar refractivity (Wildman–Crippen MR) is 110 cm³/mol. The number of aromatic nitrogens is 2. The fourth-order valence-electron chi connectivity index (χ4n) is 3.45. The summed E-state index contributed by atoms with van der Waals surface area (Å²) in [6.45, 7) is 3.95. The van der Waals surface area contributed by atoms with Crippen LogP contribution in [0.4, 0.5) is 0 Å². The van der Waals surface area contributed by atoms with Gasteiger partial charge in [-0.25, -0.2) is 4.98 Å². The molecule has 0 amide bonds. The van der Waals surface area contributed by atoms with Crippen LogP contribution in [0, 0.1) is 0 Å². The van der Waals surface area contributed by atoms with Gasteiger partial charge in [0.05, 0.1) is 18.6 Å². The van der Waals surface area contributed by atoms with Crippen LogP contribution in [0.3, 0.4) is 0 Å². The first-order chi connectivity index (χ1) is 13.1. The van der Waals surface area contributed by atoms with Gasteiger partial charge in [-0.3, -0.25) is 4.79 Å². The van der Waals surface area contributed by atoms with Gasteiger partial charge in [-0.05, 0) is 56.9 Å². The largest absolute Gasteiger partial charge is 0.493 e. The summed E-state index contributed by atoms with van der Waals surface area (Å²) in [5.74, 6) is 1.91. The predicted octanol–water partition coefficient (Wildman–Crippen LogP) is 4.44. The molecule has 0 saturated carbocycles. The van der Waals surface area contributed by atoms with Gasteiger partial charge in [0.1, 0.15) is 10.7 Å². The van der Waals surface area contributed by atoms with Crippen LogP contribution >= 0.6 is 11.3 Å². The lowest BCUT2D eigenvalue weighted by Gasteiger charge is -2.15. The fraction of sp³-hybridized carbons (Fsp3) is 0.333. The minimum Gasteiger partial charge on any atom is -0.493 e. The molecule has 140 valence electrons. The maximum Gasteiger partial charge on any atom is 0.260 e. The zero-order valence-corrected chi connectivity index (χ0v) is 16.5. The van der Waals surface area contributed by atoms with Crippen LogP contribution in [0.5, 0.6) is 11.5 Å². The standard InChI is InChI=1S/C21H22N2O3S/c1-12(2)26-19-13(6-4-8-15(19)25-3)10-11-17-22-20(24)18-14-7-5-9-16(14)27-21(18)23-17/h4,6,8,10-12H,5,7,9H2,1-3H3,(H,22,23,24)/b11-10+. The first-order valence-electron chi connectivity index (χ1n) is 9.13. The topological polar surface area (TPSA) is 64.2 Å². The van der Waals surface area contributed by atoms with Crippen molar-refractivity contribution in [3.05, 3.63) is 50.4 Å². The maximum absolute atomic E-state index is 12.6. The Morgan fingerprint density at radius 3 is 2.89 bits per heavy atom. The Morgan fingerprint density at radius 2 is 2.11 bits per heavy atom. The summed E-state index contributed by atoms with van der Waals surface area (Å²) in [4.78, 5) is 22.3. The van der Waals surface area contributed by atoms with Crippen molar-refractivity contribution in [2.45, 2.75) is 39.2 Å². The number of benzene rings is 1. The summed E-state index contributed by atoms with van der Waals surface area (Å²) < 4.78 is 11.3. The van der Waals surface area contributed by atoms with E-state index in [1.807, 2.05) is 44.2 Å². The SMILES string of the molecule is COc1cccc(/C=C/c2nc3sc4c(c3c(=O)[nH]2)CCC4)c1OC(C)C. The van der Waals surface area contributed by atoms with Gasteiger partial charge in [0.15, 0.2) is 11.5 Å². The molecule has 2 aromatic heterocycles. The molecule has 27 heavy (non-hydrogen) atoms. The van der Waals surface area contributed by atoms with Crippen LogP contribution in [0.25, 0.3) is 22.4 Å². The van der Waals surface area contributed by atoms with Crippen molar-refractivity contribution in [2.24, 2.45) is 0 Å². The molecule has 0 spiro atoms. The Labute approximate surface area is 161 Å². The van der Waals surface area contributed by atoms with Gasteiger partial charge in [-0.15, -0.1) is 11.3 Å². The molecule has 0 radical (unpaired) electrons. The van der Waals surface area contributed by atoms with Gasteiger partial charge in [0.2, 0.25) is 0 Å². The zero-order chi connectivity index (χ0) is 19.0. The summed E-state index contributed by atoms with van der Waals surface area (Å²) in [5, 5.41) is 0.773. The normalized spacial score (nSPS) is 13.6. The molecule has 1 aliphatic rings. The Bertz CT molecular complexity index is 1080. The molecule has 2 heterocycles. The monoisotopic (exact) mass is 382 g/mol. The van der Waals surface area contributed by atoms with Crippen LogP contribution in [0.1, 0.15) is 42.1 Å². The second-order valence-electron chi connectivity index (χ2n) is 6.87. The molecule has 0 saturated heterocycles. The zero-order valence-electron chi connectivity index (χ0n) is 15.7. The Hall–Kier alpha value is -2.60. The number of para-hydroxylation sites is 1. The summed E-state index contributed by atoms with van der Waals surface area (Å²) in [6.07, 6.45) is 6.90. The van der Waals surface area contributed by atoms with Gasteiger partial charge in [-0.1, -0.05) is 12.1 Å². The fourth-order valence-corrected chi connectivity index (χ4v) is 4.72. The highest BCUT2D eigenvalue weighted by molar-refractivity contribution is 7.18. The molecule has 0 aliphatic heterocycles. The first kappa shape index (κ1) is 17.8. The maximum atomic E-state index is 12.6. The van der Waals surface area contributed by atoms with E-state index in [0.29, 0.717) is 17.3 Å². The lowest BCUT2D eigenvalue weighted by Crippen LogP contribution is -2.09. The molecule has 3 aromatic rings. The summed E-state index contributed by atoms with van der Waals surface area (Å²) in [7, 11) is 1.62. The number of nitrogens with zero attached hydrogens (tertiary/aromatic N) is 1. The molecule has 1 aromatic carbocycles. The van der Waals surface area contributed by atoms with Crippen molar-refractivity contribution < 1.29 is 9.47 Å². The van der Waals surface area contributed by atoms with Gasteiger partial charge in [-0.2, -0.15) is 0 Å². The summed E-state index contributed by atoms with van der Waals surface area (Å²) in [5.41, 5.74) is 2.02. The van der Waals surface area contributed by atoms with E-state index in [4.69, 9.17) is 9.47 Å². The second-order valence-corrected chi connectivity index (χ2v) is 7.95. The van der Waals surface area contributed by atoms with E-state index in [1.54, 1.807) is 18.4 Å². The highest BCUT2D eigenvalue weighted by atomic mass is 32.1. The number of fused-ring (bicyclic) bond motifs is 3.